The van der Waals surface area contributed by atoms with Crippen LogP contribution in [0.2, 0.25) is 0 Å². The maximum atomic E-state index is 4.05. The Morgan fingerprint density at radius 1 is 1.67 bits per heavy atom. The molecule has 0 bridgehead atoms. The molecule has 0 amide bonds. The molecule has 9 heavy (non-hydrogen) atoms. The van der Waals surface area contributed by atoms with Gasteiger partial charge in [0.1, 0.15) is 0 Å². The molecule has 0 saturated heterocycles. The molecule has 0 unspecified atom stereocenters. The van der Waals surface area contributed by atoms with Gasteiger partial charge in [-0.15, -0.1) is 12.6 Å². The number of pyridine rings is 1. The van der Waals surface area contributed by atoms with E-state index in [4.69, 9.17) is 0 Å². The molecule has 1 rings (SSSR count). The van der Waals surface area contributed by atoms with E-state index in [-0.39, 0.29) is 0 Å². The third kappa shape index (κ3) is 1.57. The first-order chi connectivity index (χ1) is 4.33. The largest absolute Gasteiger partial charge is 0.250 e. The molecule has 0 atom stereocenters. The van der Waals surface area contributed by atoms with Gasteiger partial charge in [0.2, 0.25) is 0 Å². The van der Waals surface area contributed by atoms with Crippen LogP contribution in [0.5, 0.6) is 0 Å². The number of aromatic nitrogens is 1. The highest BCUT2D eigenvalue weighted by atomic mass is 32.1. The summed E-state index contributed by atoms with van der Waals surface area (Å²) in [5.41, 5.74) is 1.05. The van der Waals surface area contributed by atoms with Crippen LogP contribution in [0.3, 0.4) is 0 Å². The van der Waals surface area contributed by atoms with Gasteiger partial charge in [-0.2, -0.15) is 0 Å². The van der Waals surface area contributed by atoms with E-state index >= 15 is 0 Å². The van der Waals surface area contributed by atoms with E-state index in [0.717, 1.165) is 10.6 Å². The van der Waals surface area contributed by atoms with Gasteiger partial charge in [-0.25, -0.2) is 0 Å². The van der Waals surface area contributed by atoms with E-state index in [1.165, 1.54) is 0 Å². The lowest BCUT2D eigenvalue weighted by atomic mass is 10.3. The van der Waals surface area contributed by atoms with Gasteiger partial charge >= 0.3 is 0 Å². The minimum Gasteiger partial charge on any atom is -0.250 e. The first kappa shape index (κ1) is 6.36. The zero-order valence-electron chi connectivity index (χ0n) is 4.91. The topological polar surface area (TPSA) is 12.9 Å². The molecule has 0 aliphatic carbocycles. The number of rotatable bonds is 1. The van der Waals surface area contributed by atoms with Gasteiger partial charge in [0.15, 0.2) is 0 Å². The van der Waals surface area contributed by atoms with Crippen molar-refractivity contribution in [1.82, 2.24) is 4.98 Å². The van der Waals surface area contributed by atoms with Crippen LogP contribution < -0.4 is 0 Å². The summed E-state index contributed by atoms with van der Waals surface area (Å²) in [5.74, 6) is 0. The number of nitrogens with zero attached hydrogens (tertiary/aromatic N) is 1. The van der Waals surface area contributed by atoms with Crippen molar-refractivity contribution in [3.63, 3.8) is 0 Å². The lowest BCUT2D eigenvalue weighted by molar-refractivity contribution is 1.14. The van der Waals surface area contributed by atoms with Crippen LogP contribution >= 0.6 is 12.6 Å². The van der Waals surface area contributed by atoms with E-state index in [1.807, 2.05) is 12.1 Å². The average molecular weight is 137 g/mol. The molecule has 0 N–H and O–H groups in total. The van der Waals surface area contributed by atoms with Crippen molar-refractivity contribution >= 4 is 18.7 Å². The first-order valence-corrected chi connectivity index (χ1v) is 3.05. The fourth-order valence-corrected chi connectivity index (χ4v) is 0.777. The monoisotopic (exact) mass is 137 g/mol. The molecule has 1 aromatic heterocycles. The van der Waals surface area contributed by atoms with E-state index in [1.54, 1.807) is 12.3 Å². The van der Waals surface area contributed by atoms with Crippen LogP contribution in [0.25, 0.3) is 6.08 Å². The van der Waals surface area contributed by atoms with Crippen LogP contribution in [0.4, 0.5) is 0 Å². The summed E-state index contributed by atoms with van der Waals surface area (Å²) < 4.78 is 0. The molecule has 1 aromatic rings. The standard InChI is InChI=1S/C7H7NS/c1-2-6-3-4-8-7(9)5-6/h2-5H,1H2,(H,8,9). The predicted octanol–water partition coefficient (Wildman–Crippen LogP) is 2.01. The van der Waals surface area contributed by atoms with Crippen molar-refractivity contribution in [1.29, 1.82) is 0 Å². The zero-order chi connectivity index (χ0) is 6.69. The summed E-state index contributed by atoms with van der Waals surface area (Å²) in [7, 11) is 0. The second kappa shape index (κ2) is 2.69. The first-order valence-electron chi connectivity index (χ1n) is 2.60. The highest BCUT2D eigenvalue weighted by molar-refractivity contribution is 7.80. The Hall–Kier alpha value is -0.760. The quantitative estimate of drug-likeness (QED) is 0.584. The Bertz CT molecular complexity index is 220. The van der Waals surface area contributed by atoms with Crippen molar-refractivity contribution < 1.29 is 0 Å². The molecule has 0 aromatic carbocycles. The smallest absolute Gasteiger partial charge is 0.0935 e. The minimum atomic E-state index is 0.729. The zero-order valence-corrected chi connectivity index (χ0v) is 5.81. The van der Waals surface area contributed by atoms with Crippen LogP contribution in [0.15, 0.2) is 29.9 Å². The summed E-state index contributed by atoms with van der Waals surface area (Å²) >= 11 is 4.05. The Kier molecular flexibility index (Phi) is 1.90. The van der Waals surface area contributed by atoms with E-state index in [0.29, 0.717) is 0 Å². The molecule has 46 valence electrons. The van der Waals surface area contributed by atoms with Gasteiger partial charge in [-0.05, 0) is 17.7 Å². The SMILES string of the molecule is C=Cc1ccnc(S)c1. The van der Waals surface area contributed by atoms with Crippen molar-refractivity contribution in [2.24, 2.45) is 0 Å². The maximum Gasteiger partial charge on any atom is 0.0935 e. The minimum absolute atomic E-state index is 0.729. The van der Waals surface area contributed by atoms with Gasteiger partial charge in [-0.1, -0.05) is 12.7 Å². The molecule has 0 fully saturated rings. The molecule has 0 aliphatic heterocycles. The summed E-state index contributed by atoms with van der Waals surface area (Å²) in [6, 6.07) is 3.74. The fraction of sp³-hybridized carbons (Fsp3) is 0. The van der Waals surface area contributed by atoms with Gasteiger partial charge in [0, 0.05) is 6.20 Å². The number of hydrogen-bond donors (Lipinski definition) is 1. The Labute approximate surface area is 59.8 Å². The van der Waals surface area contributed by atoms with Gasteiger partial charge in [-0.3, -0.25) is 4.98 Å². The maximum absolute atomic E-state index is 4.05. The van der Waals surface area contributed by atoms with E-state index in [2.05, 4.69) is 24.2 Å². The molecule has 0 spiro atoms. The molecule has 2 heteroatoms. The lowest BCUT2D eigenvalue weighted by Crippen LogP contribution is -1.75. The van der Waals surface area contributed by atoms with Crippen molar-refractivity contribution in [2.45, 2.75) is 5.03 Å². The third-order valence-electron chi connectivity index (χ3n) is 1.01. The van der Waals surface area contributed by atoms with Crippen LogP contribution in [0, 0.1) is 0 Å². The Balaban J connectivity index is 3.07. The second-order valence-electron chi connectivity index (χ2n) is 1.65. The average Bonchev–Trinajstić information content (AvgIpc) is 1.88. The summed E-state index contributed by atoms with van der Waals surface area (Å²) in [4.78, 5) is 3.90. The van der Waals surface area contributed by atoms with E-state index in [9.17, 15) is 0 Å². The highest BCUT2D eigenvalue weighted by Gasteiger charge is 1.85. The van der Waals surface area contributed by atoms with Crippen molar-refractivity contribution in [3.05, 3.63) is 30.5 Å². The molecular formula is C7H7NS. The van der Waals surface area contributed by atoms with E-state index < -0.39 is 0 Å². The molecule has 1 nitrogen and oxygen atoms in total. The van der Waals surface area contributed by atoms with Gasteiger partial charge in [0.25, 0.3) is 0 Å². The Morgan fingerprint density at radius 2 is 2.44 bits per heavy atom. The molecule has 0 aliphatic rings. The number of hydrogen-bond acceptors (Lipinski definition) is 2. The molecule has 0 radical (unpaired) electrons. The second-order valence-corrected chi connectivity index (χ2v) is 2.11. The summed E-state index contributed by atoms with van der Waals surface area (Å²) in [6.07, 6.45) is 3.47. The third-order valence-corrected chi connectivity index (χ3v) is 1.25. The van der Waals surface area contributed by atoms with Crippen LogP contribution in [-0.2, 0) is 0 Å². The van der Waals surface area contributed by atoms with Crippen LogP contribution in [-0.4, -0.2) is 4.98 Å². The van der Waals surface area contributed by atoms with Gasteiger partial charge < -0.3 is 0 Å². The summed E-state index contributed by atoms with van der Waals surface area (Å²) in [6.45, 7) is 3.61. The highest BCUT2D eigenvalue weighted by Crippen LogP contribution is 2.05. The van der Waals surface area contributed by atoms with Crippen LogP contribution in [0.1, 0.15) is 5.56 Å². The van der Waals surface area contributed by atoms with Gasteiger partial charge in [0.05, 0.1) is 5.03 Å². The normalized spacial score (nSPS) is 9.00. The van der Waals surface area contributed by atoms with Crippen molar-refractivity contribution in [2.75, 3.05) is 0 Å². The molecule has 0 saturated carbocycles. The lowest BCUT2D eigenvalue weighted by Gasteiger charge is -1.90. The predicted molar refractivity (Wildman–Crippen MR) is 41.6 cm³/mol. The summed E-state index contributed by atoms with van der Waals surface area (Å²) in [5, 5.41) is 0.729. The number of thiol groups is 1. The fourth-order valence-electron chi connectivity index (χ4n) is 0.561. The molecule has 1 heterocycles. The molecular weight excluding hydrogens is 130 g/mol. The van der Waals surface area contributed by atoms with Crippen molar-refractivity contribution in [3.8, 4) is 0 Å². The Morgan fingerprint density at radius 3 is 2.89 bits per heavy atom.